The lowest BCUT2D eigenvalue weighted by atomic mass is 10.0. The van der Waals surface area contributed by atoms with Crippen molar-refractivity contribution in [3.8, 4) is 11.1 Å². The number of hydrogen-bond acceptors (Lipinski definition) is 2. The van der Waals surface area contributed by atoms with E-state index in [1.807, 2.05) is 91.9 Å². The summed E-state index contributed by atoms with van der Waals surface area (Å²) in [5.41, 5.74) is 3.78. The predicted molar refractivity (Wildman–Crippen MR) is 122 cm³/mol. The fourth-order valence-electron chi connectivity index (χ4n) is 3.44. The second kappa shape index (κ2) is 9.70. The molecular formula is C26H26N2O2. The first-order valence-electron chi connectivity index (χ1n) is 9.94. The lowest BCUT2D eigenvalue weighted by Gasteiger charge is -2.29. The predicted octanol–water partition coefficient (Wildman–Crippen LogP) is 5.14. The van der Waals surface area contributed by atoms with Crippen molar-refractivity contribution in [2.24, 2.45) is 0 Å². The number of nitrogens with one attached hydrogen (secondary N) is 1. The molecule has 0 aliphatic carbocycles. The van der Waals surface area contributed by atoms with E-state index < -0.39 is 6.04 Å². The van der Waals surface area contributed by atoms with Crippen molar-refractivity contribution in [3.05, 3.63) is 103 Å². The van der Waals surface area contributed by atoms with E-state index in [0.29, 0.717) is 5.69 Å². The Morgan fingerprint density at radius 1 is 0.867 bits per heavy atom. The number of amides is 2. The van der Waals surface area contributed by atoms with Gasteiger partial charge in [-0.25, -0.2) is 0 Å². The zero-order valence-electron chi connectivity index (χ0n) is 17.3. The molecule has 0 aliphatic rings. The smallest absolute Gasteiger partial charge is 0.247 e. The Morgan fingerprint density at radius 3 is 1.93 bits per heavy atom. The fourth-order valence-corrected chi connectivity index (χ4v) is 3.44. The van der Waals surface area contributed by atoms with Gasteiger partial charge in [0.05, 0.1) is 6.04 Å². The number of hydrogen-bond donors (Lipinski definition) is 1. The molecule has 3 aromatic carbocycles. The molecule has 4 nitrogen and oxygen atoms in total. The van der Waals surface area contributed by atoms with E-state index >= 15 is 0 Å². The number of anilines is 1. The topological polar surface area (TPSA) is 49.4 Å². The highest BCUT2D eigenvalue weighted by molar-refractivity contribution is 6.01. The van der Waals surface area contributed by atoms with E-state index in [1.165, 1.54) is 17.9 Å². The van der Waals surface area contributed by atoms with Crippen LogP contribution in [0.4, 0.5) is 5.69 Å². The van der Waals surface area contributed by atoms with Gasteiger partial charge in [0.15, 0.2) is 0 Å². The van der Waals surface area contributed by atoms with Crippen molar-refractivity contribution < 1.29 is 9.59 Å². The van der Waals surface area contributed by atoms with Gasteiger partial charge in [0.1, 0.15) is 6.04 Å². The third-order valence-electron chi connectivity index (χ3n) is 5.02. The maximum atomic E-state index is 13.0. The Bertz CT molecular complexity index is 998. The number of carbonyl (C=O) groups is 2. The van der Waals surface area contributed by atoms with E-state index in [1.54, 1.807) is 0 Å². The van der Waals surface area contributed by atoms with Crippen LogP contribution in [0, 0.1) is 0 Å². The SMILES string of the molecule is C=C[C@H](C(=O)N[C@@H](C)c1ccccc1)N(C(C)=O)c1ccc(-c2ccccc2)cc1. The van der Waals surface area contributed by atoms with Crippen LogP contribution in [-0.4, -0.2) is 17.9 Å². The molecule has 2 amide bonds. The summed E-state index contributed by atoms with van der Waals surface area (Å²) in [6.45, 7) is 7.17. The molecule has 0 fully saturated rings. The number of benzene rings is 3. The van der Waals surface area contributed by atoms with Crippen molar-refractivity contribution >= 4 is 17.5 Å². The number of nitrogens with zero attached hydrogens (tertiary/aromatic N) is 1. The highest BCUT2D eigenvalue weighted by Gasteiger charge is 2.27. The summed E-state index contributed by atoms with van der Waals surface area (Å²) in [5, 5.41) is 2.99. The second-order valence-corrected chi connectivity index (χ2v) is 7.12. The Hall–Kier alpha value is -3.66. The quantitative estimate of drug-likeness (QED) is 0.560. The molecule has 2 atom stereocenters. The molecule has 0 spiro atoms. The molecule has 1 N–H and O–H groups in total. The van der Waals surface area contributed by atoms with Crippen LogP contribution in [0.15, 0.2) is 97.6 Å². The van der Waals surface area contributed by atoms with E-state index in [0.717, 1.165) is 16.7 Å². The highest BCUT2D eigenvalue weighted by Crippen LogP contribution is 2.25. The van der Waals surface area contributed by atoms with E-state index in [2.05, 4.69) is 11.9 Å². The number of rotatable bonds is 7. The monoisotopic (exact) mass is 398 g/mol. The van der Waals surface area contributed by atoms with Crippen molar-refractivity contribution in [1.82, 2.24) is 5.32 Å². The fraction of sp³-hybridized carbons (Fsp3) is 0.154. The van der Waals surface area contributed by atoms with Crippen molar-refractivity contribution in [2.75, 3.05) is 4.90 Å². The zero-order valence-corrected chi connectivity index (χ0v) is 17.3. The molecule has 30 heavy (non-hydrogen) atoms. The Balaban J connectivity index is 1.82. The van der Waals surface area contributed by atoms with Crippen LogP contribution in [0.25, 0.3) is 11.1 Å². The summed E-state index contributed by atoms with van der Waals surface area (Å²) in [5.74, 6) is -0.501. The van der Waals surface area contributed by atoms with Gasteiger partial charge < -0.3 is 5.32 Å². The van der Waals surface area contributed by atoms with Crippen LogP contribution in [-0.2, 0) is 9.59 Å². The minimum atomic E-state index is -0.809. The van der Waals surface area contributed by atoms with Crippen molar-refractivity contribution in [2.45, 2.75) is 25.9 Å². The second-order valence-electron chi connectivity index (χ2n) is 7.12. The van der Waals surface area contributed by atoms with Gasteiger partial charge in [0.2, 0.25) is 11.8 Å². The molecule has 0 unspecified atom stereocenters. The third-order valence-corrected chi connectivity index (χ3v) is 5.02. The van der Waals surface area contributed by atoms with E-state index in [-0.39, 0.29) is 17.9 Å². The molecule has 0 saturated carbocycles. The Morgan fingerprint density at radius 2 is 1.40 bits per heavy atom. The van der Waals surface area contributed by atoms with Gasteiger partial charge in [-0.3, -0.25) is 14.5 Å². The summed E-state index contributed by atoms with van der Waals surface area (Å²) < 4.78 is 0. The van der Waals surface area contributed by atoms with E-state index in [4.69, 9.17) is 0 Å². The molecule has 0 aromatic heterocycles. The Labute approximate surface area is 177 Å². The normalized spacial score (nSPS) is 12.5. The van der Waals surface area contributed by atoms with Crippen molar-refractivity contribution in [1.29, 1.82) is 0 Å². The van der Waals surface area contributed by atoms with Crippen LogP contribution < -0.4 is 10.2 Å². The highest BCUT2D eigenvalue weighted by atomic mass is 16.2. The average Bonchev–Trinajstić information content (AvgIpc) is 2.78. The molecule has 0 heterocycles. The first-order chi connectivity index (χ1) is 14.5. The molecule has 152 valence electrons. The maximum Gasteiger partial charge on any atom is 0.247 e. The van der Waals surface area contributed by atoms with Gasteiger partial charge in [0, 0.05) is 12.6 Å². The van der Waals surface area contributed by atoms with Crippen LogP contribution >= 0.6 is 0 Å². The van der Waals surface area contributed by atoms with Gasteiger partial charge in [-0.1, -0.05) is 78.9 Å². The van der Waals surface area contributed by atoms with Gasteiger partial charge >= 0.3 is 0 Å². The molecule has 0 aliphatic heterocycles. The lowest BCUT2D eigenvalue weighted by molar-refractivity contribution is -0.125. The standard InChI is InChI=1S/C26H26N2O2/c1-4-25(26(30)27-19(2)21-11-7-5-8-12-21)28(20(3)29)24-17-15-23(16-18-24)22-13-9-6-10-14-22/h4-19,25H,1H2,2-3H3,(H,27,30)/t19-,25+/m0/s1. The minimum Gasteiger partial charge on any atom is -0.347 e. The van der Waals surface area contributed by atoms with Gasteiger partial charge in [-0.15, -0.1) is 6.58 Å². The van der Waals surface area contributed by atoms with Crippen LogP contribution in [0.2, 0.25) is 0 Å². The Kier molecular flexibility index (Phi) is 6.81. The minimum absolute atomic E-state index is 0.185. The molecule has 4 heteroatoms. The summed E-state index contributed by atoms with van der Waals surface area (Å²) >= 11 is 0. The van der Waals surface area contributed by atoms with Gasteiger partial charge in [0.25, 0.3) is 0 Å². The molecule has 0 bridgehead atoms. The lowest BCUT2D eigenvalue weighted by Crippen LogP contribution is -2.48. The van der Waals surface area contributed by atoms with E-state index in [9.17, 15) is 9.59 Å². The third kappa shape index (κ3) is 4.84. The first-order valence-corrected chi connectivity index (χ1v) is 9.94. The summed E-state index contributed by atoms with van der Waals surface area (Å²) in [6.07, 6.45) is 1.50. The first kappa shape index (κ1) is 21.1. The number of carbonyl (C=O) groups excluding carboxylic acids is 2. The van der Waals surface area contributed by atoms with Crippen LogP contribution in [0.5, 0.6) is 0 Å². The summed E-state index contributed by atoms with van der Waals surface area (Å²) in [6, 6.07) is 26.3. The molecule has 0 saturated heterocycles. The largest absolute Gasteiger partial charge is 0.347 e. The average molecular weight is 399 g/mol. The van der Waals surface area contributed by atoms with Gasteiger partial charge in [-0.2, -0.15) is 0 Å². The molecule has 0 radical (unpaired) electrons. The van der Waals surface area contributed by atoms with Crippen LogP contribution in [0.1, 0.15) is 25.5 Å². The van der Waals surface area contributed by atoms with Crippen molar-refractivity contribution in [3.63, 3.8) is 0 Å². The molecule has 3 rings (SSSR count). The zero-order chi connectivity index (χ0) is 21.5. The van der Waals surface area contributed by atoms with Gasteiger partial charge in [-0.05, 0) is 35.7 Å². The summed E-state index contributed by atoms with van der Waals surface area (Å²) in [4.78, 5) is 26.9. The molecule has 3 aromatic rings. The molecular weight excluding hydrogens is 372 g/mol. The maximum absolute atomic E-state index is 13.0. The van der Waals surface area contributed by atoms with Crippen LogP contribution in [0.3, 0.4) is 0 Å². The summed E-state index contributed by atoms with van der Waals surface area (Å²) in [7, 11) is 0.